The molecule has 1 heterocycles. The average Bonchev–Trinajstić information content (AvgIpc) is 2.57. The van der Waals surface area contributed by atoms with Gasteiger partial charge in [-0.05, 0) is 43.9 Å². The first-order valence-corrected chi connectivity index (χ1v) is 7.37. The Morgan fingerprint density at radius 3 is 2.77 bits per heavy atom. The highest BCUT2D eigenvalue weighted by molar-refractivity contribution is 5.93. The largest absolute Gasteiger partial charge is 0.424 e. The van der Waals surface area contributed by atoms with Crippen molar-refractivity contribution in [2.45, 2.75) is 25.7 Å². The van der Waals surface area contributed by atoms with Gasteiger partial charge in [0.25, 0.3) is 5.91 Å². The third-order valence-corrected chi connectivity index (χ3v) is 3.38. The lowest BCUT2D eigenvalue weighted by Gasteiger charge is -2.13. The number of para-hydroxylation sites is 1. The van der Waals surface area contributed by atoms with E-state index in [-0.39, 0.29) is 11.9 Å². The van der Waals surface area contributed by atoms with E-state index in [1.165, 1.54) is 12.6 Å². The minimum Gasteiger partial charge on any atom is -0.424 e. The maximum Gasteiger partial charge on any atom is 0.322 e. The van der Waals surface area contributed by atoms with Crippen LogP contribution in [-0.2, 0) is 0 Å². The lowest BCUT2D eigenvalue weighted by molar-refractivity contribution is 0.0958. The Morgan fingerprint density at radius 1 is 1.14 bits per heavy atom. The number of allylic oxidation sites excluding steroid dienone is 2. The van der Waals surface area contributed by atoms with Crippen molar-refractivity contribution < 1.29 is 9.53 Å². The molecule has 2 aromatic rings. The van der Waals surface area contributed by atoms with Crippen LogP contribution in [0, 0.1) is 0 Å². The topological polar surface area (TPSA) is 64.1 Å². The van der Waals surface area contributed by atoms with Crippen molar-refractivity contribution >= 4 is 5.91 Å². The Kier molecular flexibility index (Phi) is 4.44. The molecule has 0 fully saturated rings. The van der Waals surface area contributed by atoms with Gasteiger partial charge in [-0.25, -0.2) is 4.98 Å². The molecule has 0 saturated carbocycles. The van der Waals surface area contributed by atoms with E-state index in [2.05, 4.69) is 21.4 Å². The molecule has 22 heavy (non-hydrogen) atoms. The van der Waals surface area contributed by atoms with Gasteiger partial charge in [-0.2, -0.15) is 4.98 Å². The van der Waals surface area contributed by atoms with Crippen LogP contribution in [0.15, 0.2) is 54.4 Å². The zero-order valence-corrected chi connectivity index (χ0v) is 12.2. The fourth-order valence-electron chi connectivity index (χ4n) is 2.27. The number of hydrogen-bond donors (Lipinski definition) is 1. The number of ether oxygens (including phenoxy) is 1. The maximum absolute atomic E-state index is 12.2. The average molecular weight is 295 g/mol. The zero-order valence-electron chi connectivity index (χ0n) is 12.2. The van der Waals surface area contributed by atoms with Crippen LogP contribution in [0.25, 0.3) is 0 Å². The SMILES string of the molecule is O=C(NC1=CCCCC1)c1ccnc(Oc2ccccc2)n1. The number of aromatic nitrogens is 2. The summed E-state index contributed by atoms with van der Waals surface area (Å²) in [5.74, 6) is 0.406. The Morgan fingerprint density at radius 2 is 2.00 bits per heavy atom. The zero-order chi connectivity index (χ0) is 15.2. The molecule has 1 aliphatic carbocycles. The number of carbonyl (C=O) groups excluding carboxylic acids is 1. The summed E-state index contributed by atoms with van der Waals surface area (Å²) in [5, 5.41) is 2.90. The summed E-state index contributed by atoms with van der Waals surface area (Å²) in [6, 6.07) is 11.0. The molecule has 3 rings (SSSR count). The van der Waals surface area contributed by atoms with Crippen molar-refractivity contribution in [3.05, 3.63) is 60.1 Å². The molecule has 1 amide bonds. The Hall–Kier alpha value is -2.69. The van der Waals surface area contributed by atoms with Crippen LogP contribution < -0.4 is 10.1 Å². The molecular weight excluding hydrogens is 278 g/mol. The normalized spacial score (nSPS) is 14.1. The summed E-state index contributed by atoms with van der Waals surface area (Å²) in [4.78, 5) is 20.4. The molecule has 1 aromatic carbocycles. The fourth-order valence-corrected chi connectivity index (χ4v) is 2.27. The van der Waals surface area contributed by atoms with E-state index in [0.29, 0.717) is 11.4 Å². The van der Waals surface area contributed by atoms with Crippen LogP contribution in [0.1, 0.15) is 36.2 Å². The van der Waals surface area contributed by atoms with Crippen molar-refractivity contribution in [1.29, 1.82) is 0 Å². The van der Waals surface area contributed by atoms with Gasteiger partial charge in [0, 0.05) is 11.9 Å². The predicted molar refractivity (Wildman–Crippen MR) is 82.6 cm³/mol. The van der Waals surface area contributed by atoms with E-state index < -0.39 is 0 Å². The van der Waals surface area contributed by atoms with E-state index >= 15 is 0 Å². The first-order chi connectivity index (χ1) is 10.8. The number of carbonyl (C=O) groups is 1. The van der Waals surface area contributed by atoms with Crippen LogP contribution in [0.4, 0.5) is 0 Å². The van der Waals surface area contributed by atoms with E-state index in [1.807, 2.05) is 30.3 Å². The van der Waals surface area contributed by atoms with Gasteiger partial charge in [-0.3, -0.25) is 4.79 Å². The third-order valence-electron chi connectivity index (χ3n) is 3.38. The van der Waals surface area contributed by atoms with Crippen molar-refractivity contribution in [1.82, 2.24) is 15.3 Å². The van der Waals surface area contributed by atoms with E-state index in [0.717, 1.165) is 25.0 Å². The summed E-state index contributed by atoms with van der Waals surface area (Å²) >= 11 is 0. The third kappa shape index (κ3) is 3.69. The van der Waals surface area contributed by atoms with Gasteiger partial charge in [-0.15, -0.1) is 0 Å². The number of nitrogens with one attached hydrogen (secondary N) is 1. The minimum absolute atomic E-state index is 0.163. The lowest BCUT2D eigenvalue weighted by Crippen LogP contribution is -2.24. The Bertz CT molecular complexity index is 683. The number of hydrogen-bond acceptors (Lipinski definition) is 4. The molecule has 0 radical (unpaired) electrons. The molecule has 0 aliphatic heterocycles. The van der Waals surface area contributed by atoms with Crippen LogP contribution in [0.2, 0.25) is 0 Å². The molecule has 1 aliphatic rings. The van der Waals surface area contributed by atoms with E-state index in [9.17, 15) is 4.79 Å². The highest BCUT2D eigenvalue weighted by atomic mass is 16.5. The molecule has 0 unspecified atom stereocenters. The van der Waals surface area contributed by atoms with Crippen LogP contribution in [0.5, 0.6) is 11.8 Å². The highest BCUT2D eigenvalue weighted by Crippen LogP contribution is 2.18. The summed E-state index contributed by atoms with van der Waals surface area (Å²) in [5.41, 5.74) is 1.27. The van der Waals surface area contributed by atoms with Crippen molar-refractivity contribution in [3.8, 4) is 11.8 Å². The Balaban J connectivity index is 1.70. The molecule has 5 nitrogen and oxygen atoms in total. The first kappa shape index (κ1) is 14.3. The van der Waals surface area contributed by atoms with Gasteiger partial charge in [0.1, 0.15) is 11.4 Å². The first-order valence-electron chi connectivity index (χ1n) is 7.37. The van der Waals surface area contributed by atoms with Gasteiger partial charge >= 0.3 is 6.01 Å². The second-order valence-electron chi connectivity index (χ2n) is 5.07. The maximum atomic E-state index is 12.2. The fraction of sp³-hybridized carbons (Fsp3) is 0.235. The van der Waals surface area contributed by atoms with Crippen molar-refractivity contribution in [2.75, 3.05) is 0 Å². The summed E-state index contributed by atoms with van der Waals surface area (Å²) in [6.45, 7) is 0. The van der Waals surface area contributed by atoms with Gasteiger partial charge in [0.05, 0.1) is 0 Å². The predicted octanol–water partition coefficient (Wildman–Crippen LogP) is 3.46. The number of amides is 1. The number of nitrogens with zero attached hydrogens (tertiary/aromatic N) is 2. The van der Waals surface area contributed by atoms with Gasteiger partial charge in [0.15, 0.2) is 0 Å². The molecule has 5 heteroatoms. The number of rotatable bonds is 4. The molecule has 1 aromatic heterocycles. The van der Waals surface area contributed by atoms with Crippen LogP contribution in [-0.4, -0.2) is 15.9 Å². The highest BCUT2D eigenvalue weighted by Gasteiger charge is 2.12. The van der Waals surface area contributed by atoms with E-state index in [1.54, 1.807) is 6.07 Å². The second kappa shape index (κ2) is 6.85. The molecule has 112 valence electrons. The Labute approximate surface area is 129 Å². The smallest absolute Gasteiger partial charge is 0.322 e. The molecule has 1 N–H and O–H groups in total. The second-order valence-corrected chi connectivity index (χ2v) is 5.07. The molecular formula is C17H17N3O2. The van der Waals surface area contributed by atoms with Crippen molar-refractivity contribution in [2.24, 2.45) is 0 Å². The van der Waals surface area contributed by atoms with Crippen LogP contribution in [0.3, 0.4) is 0 Å². The summed E-state index contributed by atoms with van der Waals surface area (Å²) < 4.78 is 5.54. The minimum atomic E-state index is -0.228. The monoisotopic (exact) mass is 295 g/mol. The molecule has 0 saturated heterocycles. The number of benzene rings is 1. The van der Waals surface area contributed by atoms with Crippen molar-refractivity contribution in [3.63, 3.8) is 0 Å². The lowest BCUT2D eigenvalue weighted by atomic mass is 10.0. The quantitative estimate of drug-likeness (QED) is 0.938. The van der Waals surface area contributed by atoms with Gasteiger partial charge in [0.2, 0.25) is 0 Å². The van der Waals surface area contributed by atoms with Gasteiger partial charge < -0.3 is 10.1 Å². The molecule has 0 bridgehead atoms. The van der Waals surface area contributed by atoms with E-state index in [4.69, 9.17) is 4.74 Å². The van der Waals surface area contributed by atoms with Gasteiger partial charge in [-0.1, -0.05) is 24.3 Å². The molecule has 0 spiro atoms. The molecule has 0 atom stereocenters. The summed E-state index contributed by atoms with van der Waals surface area (Å²) in [6.07, 6.45) is 7.81. The van der Waals surface area contributed by atoms with Crippen LogP contribution >= 0.6 is 0 Å². The summed E-state index contributed by atoms with van der Waals surface area (Å²) in [7, 11) is 0. The standard InChI is InChI=1S/C17H17N3O2/c21-16(19-13-7-3-1-4-8-13)15-11-12-18-17(20-15)22-14-9-5-2-6-10-14/h2,5-7,9-12H,1,3-4,8H2,(H,19,21).